The lowest BCUT2D eigenvalue weighted by Crippen LogP contribution is -2.41. The number of nitrogens with one attached hydrogen (secondary N) is 1. The highest BCUT2D eigenvalue weighted by atomic mass is 32.2. The average molecular weight is 317 g/mol. The Balaban J connectivity index is 3.45. The Morgan fingerprint density at radius 3 is 2.43 bits per heavy atom. The topological polar surface area (TPSA) is 66.4 Å². The standard InChI is InChI=1S/C14H17F2NO3S/c1-14(2,3)17-21(19,20)13-10(6-4-5-7-18)8-11(15)9-12(13)16/h8-9,17-18H,5,7H2,1-3H3. The molecule has 7 heteroatoms. The van der Waals surface area contributed by atoms with E-state index in [1.54, 1.807) is 20.8 Å². The van der Waals surface area contributed by atoms with Crippen molar-refractivity contribution in [3.8, 4) is 11.8 Å². The van der Waals surface area contributed by atoms with Crippen molar-refractivity contribution in [3.63, 3.8) is 0 Å². The van der Waals surface area contributed by atoms with E-state index < -0.39 is 32.1 Å². The molecule has 0 spiro atoms. The molecule has 0 aromatic heterocycles. The van der Waals surface area contributed by atoms with Crippen LogP contribution in [0.15, 0.2) is 17.0 Å². The van der Waals surface area contributed by atoms with Crippen molar-refractivity contribution in [1.82, 2.24) is 4.72 Å². The van der Waals surface area contributed by atoms with E-state index in [0.717, 1.165) is 6.07 Å². The number of hydrogen-bond donors (Lipinski definition) is 2. The summed E-state index contributed by atoms with van der Waals surface area (Å²) in [5.74, 6) is 2.71. The van der Waals surface area contributed by atoms with Gasteiger partial charge in [-0.3, -0.25) is 0 Å². The minimum Gasteiger partial charge on any atom is -0.395 e. The summed E-state index contributed by atoms with van der Waals surface area (Å²) >= 11 is 0. The van der Waals surface area contributed by atoms with Crippen LogP contribution in [-0.2, 0) is 10.0 Å². The molecule has 1 aromatic rings. The summed E-state index contributed by atoms with van der Waals surface area (Å²) in [6.07, 6.45) is 0.0737. The lowest BCUT2D eigenvalue weighted by atomic mass is 10.1. The van der Waals surface area contributed by atoms with Crippen molar-refractivity contribution >= 4 is 10.0 Å². The van der Waals surface area contributed by atoms with E-state index in [2.05, 4.69) is 16.6 Å². The van der Waals surface area contributed by atoms with Gasteiger partial charge >= 0.3 is 0 Å². The molecular formula is C14H17F2NO3S. The van der Waals surface area contributed by atoms with Gasteiger partial charge in [-0.25, -0.2) is 21.9 Å². The number of rotatable bonds is 3. The first-order chi connectivity index (χ1) is 9.57. The van der Waals surface area contributed by atoms with Crippen LogP contribution in [0.2, 0.25) is 0 Å². The Morgan fingerprint density at radius 2 is 1.90 bits per heavy atom. The van der Waals surface area contributed by atoms with Gasteiger partial charge in [-0.2, -0.15) is 0 Å². The third-order valence-corrected chi connectivity index (χ3v) is 4.01. The zero-order valence-corrected chi connectivity index (χ0v) is 12.8. The molecule has 1 rings (SSSR count). The van der Waals surface area contributed by atoms with Crippen LogP contribution in [0.1, 0.15) is 32.8 Å². The predicted molar refractivity (Wildman–Crippen MR) is 75.0 cm³/mol. The Morgan fingerprint density at radius 1 is 1.29 bits per heavy atom. The summed E-state index contributed by atoms with van der Waals surface area (Å²) in [6, 6.07) is 1.35. The highest BCUT2D eigenvalue weighted by molar-refractivity contribution is 7.89. The molecule has 0 saturated heterocycles. The van der Waals surface area contributed by atoms with Crippen LogP contribution in [0.5, 0.6) is 0 Å². The van der Waals surface area contributed by atoms with Crippen LogP contribution >= 0.6 is 0 Å². The second-order valence-corrected chi connectivity index (χ2v) is 7.01. The third-order valence-electron chi connectivity index (χ3n) is 2.18. The lowest BCUT2D eigenvalue weighted by molar-refractivity contribution is 0.305. The SMILES string of the molecule is CC(C)(C)NS(=O)(=O)c1c(F)cc(F)cc1C#CCCO. The van der Waals surface area contributed by atoms with Crippen molar-refractivity contribution < 1.29 is 22.3 Å². The molecule has 0 amide bonds. The molecule has 1 aromatic carbocycles. The molecule has 0 aliphatic carbocycles. The fraction of sp³-hybridized carbons (Fsp3) is 0.429. The number of hydrogen-bond acceptors (Lipinski definition) is 3. The predicted octanol–water partition coefficient (Wildman–Crippen LogP) is 1.78. The molecule has 21 heavy (non-hydrogen) atoms. The molecule has 116 valence electrons. The lowest BCUT2D eigenvalue weighted by Gasteiger charge is -2.21. The zero-order chi connectivity index (χ0) is 16.3. The maximum Gasteiger partial charge on any atom is 0.245 e. The maximum atomic E-state index is 13.9. The summed E-state index contributed by atoms with van der Waals surface area (Å²) in [7, 11) is -4.19. The van der Waals surface area contributed by atoms with Gasteiger partial charge in [0.15, 0.2) is 0 Å². The zero-order valence-electron chi connectivity index (χ0n) is 12.0. The largest absolute Gasteiger partial charge is 0.395 e. The van der Waals surface area contributed by atoms with Crippen molar-refractivity contribution in [1.29, 1.82) is 0 Å². The Kier molecular flexibility index (Phi) is 5.45. The summed E-state index contributed by atoms with van der Waals surface area (Å²) in [6.45, 7) is 4.57. The van der Waals surface area contributed by atoms with Gasteiger partial charge in [0.2, 0.25) is 10.0 Å². The number of aliphatic hydroxyl groups excluding tert-OH is 1. The van der Waals surface area contributed by atoms with E-state index in [4.69, 9.17) is 5.11 Å². The second-order valence-electron chi connectivity index (χ2n) is 5.40. The number of aliphatic hydroxyl groups is 1. The van der Waals surface area contributed by atoms with Gasteiger partial charge in [0.25, 0.3) is 0 Å². The summed E-state index contributed by atoms with van der Waals surface area (Å²) in [5, 5.41) is 8.65. The van der Waals surface area contributed by atoms with E-state index in [0.29, 0.717) is 6.07 Å². The summed E-state index contributed by atoms with van der Waals surface area (Å²) in [5.41, 5.74) is -1.10. The Hall–Kier alpha value is -1.49. The van der Waals surface area contributed by atoms with Gasteiger partial charge in [-0.15, -0.1) is 0 Å². The van der Waals surface area contributed by atoms with E-state index in [1.165, 1.54) is 0 Å². The molecule has 0 atom stereocenters. The number of halogens is 2. The second kappa shape index (κ2) is 6.52. The van der Waals surface area contributed by atoms with E-state index >= 15 is 0 Å². The minimum absolute atomic E-state index is 0.0737. The van der Waals surface area contributed by atoms with Gasteiger partial charge < -0.3 is 5.11 Å². The first-order valence-corrected chi connectivity index (χ1v) is 7.68. The van der Waals surface area contributed by atoms with Gasteiger partial charge in [0.05, 0.1) is 12.2 Å². The van der Waals surface area contributed by atoms with Crippen LogP contribution < -0.4 is 4.72 Å². The number of benzene rings is 1. The van der Waals surface area contributed by atoms with Crippen LogP contribution in [0, 0.1) is 23.5 Å². The minimum atomic E-state index is -4.19. The van der Waals surface area contributed by atoms with Crippen molar-refractivity contribution in [3.05, 3.63) is 29.3 Å². The Bertz CT molecular complexity index is 683. The summed E-state index contributed by atoms with van der Waals surface area (Å²) in [4.78, 5) is -0.690. The van der Waals surface area contributed by atoms with E-state index in [9.17, 15) is 17.2 Å². The monoisotopic (exact) mass is 317 g/mol. The van der Waals surface area contributed by atoms with E-state index in [1.807, 2.05) is 0 Å². The molecule has 0 radical (unpaired) electrons. The molecule has 0 unspecified atom stereocenters. The quantitative estimate of drug-likeness (QED) is 0.835. The Labute approximate surface area is 123 Å². The smallest absolute Gasteiger partial charge is 0.245 e. The molecule has 4 nitrogen and oxygen atoms in total. The molecular weight excluding hydrogens is 300 g/mol. The van der Waals surface area contributed by atoms with Crippen molar-refractivity contribution in [2.24, 2.45) is 0 Å². The normalized spacial score (nSPS) is 11.9. The fourth-order valence-corrected chi connectivity index (χ4v) is 3.22. The molecule has 2 N–H and O–H groups in total. The highest BCUT2D eigenvalue weighted by Crippen LogP contribution is 2.22. The van der Waals surface area contributed by atoms with Crippen LogP contribution in [0.3, 0.4) is 0 Å². The van der Waals surface area contributed by atoms with Gasteiger partial charge in [-0.1, -0.05) is 11.8 Å². The van der Waals surface area contributed by atoms with Crippen molar-refractivity contribution in [2.75, 3.05) is 6.61 Å². The van der Waals surface area contributed by atoms with Gasteiger partial charge in [-0.05, 0) is 26.8 Å². The highest BCUT2D eigenvalue weighted by Gasteiger charge is 2.28. The van der Waals surface area contributed by atoms with Crippen LogP contribution in [-0.4, -0.2) is 25.7 Å². The van der Waals surface area contributed by atoms with E-state index in [-0.39, 0.29) is 18.6 Å². The molecule has 0 saturated carbocycles. The first kappa shape index (κ1) is 17.6. The van der Waals surface area contributed by atoms with Crippen LogP contribution in [0.4, 0.5) is 8.78 Å². The molecule has 0 aliphatic heterocycles. The average Bonchev–Trinajstić information content (AvgIpc) is 2.24. The molecule has 0 fully saturated rings. The van der Waals surface area contributed by atoms with Gasteiger partial charge in [0.1, 0.15) is 16.5 Å². The maximum absolute atomic E-state index is 13.9. The molecule has 0 aliphatic rings. The van der Waals surface area contributed by atoms with Crippen LogP contribution in [0.25, 0.3) is 0 Å². The first-order valence-electron chi connectivity index (χ1n) is 6.19. The fourth-order valence-electron chi connectivity index (χ4n) is 1.59. The number of sulfonamides is 1. The molecule has 0 bridgehead atoms. The molecule has 0 heterocycles. The van der Waals surface area contributed by atoms with Gasteiger partial charge in [0, 0.05) is 18.0 Å². The summed E-state index contributed by atoms with van der Waals surface area (Å²) < 4.78 is 54.0. The third kappa shape index (κ3) is 5.08. The van der Waals surface area contributed by atoms with Crippen molar-refractivity contribution in [2.45, 2.75) is 37.6 Å².